The molecule has 67 heavy (non-hydrogen) atoms. The van der Waals surface area contributed by atoms with Crippen molar-refractivity contribution in [2.75, 3.05) is 26.1 Å². The third-order valence-electron chi connectivity index (χ3n) is 14.3. The molecule has 0 aromatic heterocycles. The minimum Gasteiger partial charge on any atom is -0.463 e. The van der Waals surface area contributed by atoms with Crippen LogP contribution >= 0.6 is 0 Å². The molecule has 1 aliphatic carbocycles. The van der Waals surface area contributed by atoms with E-state index in [9.17, 15) is 44.4 Å². The molecular formula is C49H72N2O16. The van der Waals surface area contributed by atoms with Crippen LogP contribution in [0.2, 0.25) is 0 Å². The Kier molecular flexibility index (Phi) is 17.6. The lowest BCUT2D eigenvalue weighted by atomic mass is 9.66. The second-order valence-corrected chi connectivity index (χ2v) is 19.7. The molecule has 4 unspecified atom stereocenters. The van der Waals surface area contributed by atoms with Crippen molar-refractivity contribution >= 4 is 35.7 Å². The van der Waals surface area contributed by atoms with Gasteiger partial charge in [-0.25, -0.2) is 0 Å². The zero-order valence-corrected chi connectivity index (χ0v) is 40.1. The summed E-state index contributed by atoms with van der Waals surface area (Å²) >= 11 is 0. The van der Waals surface area contributed by atoms with E-state index >= 15 is 0 Å². The van der Waals surface area contributed by atoms with Gasteiger partial charge >= 0.3 is 11.9 Å². The molecule has 4 saturated heterocycles. The van der Waals surface area contributed by atoms with E-state index in [1.165, 1.54) is 7.11 Å². The van der Waals surface area contributed by atoms with Crippen molar-refractivity contribution in [3.05, 3.63) is 42.5 Å². The van der Waals surface area contributed by atoms with Crippen LogP contribution in [0.3, 0.4) is 0 Å². The maximum Gasteiger partial charge on any atom is 0.308 e. The molecule has 7 rings (SSSR count). The fraction of sp³-hybridized carbons (Fsp3) is 0.735. The zero-order valence-electron chi connectivity index (χ0n) is 40.1. The standard InChI is InChI=1S/C49H72N2O16/c1-10-14-34(54)65-45-28(5)63-36(24-49(45,6)60)66-43-27(4)64-48(41(57)39(43)50(7)8)67-42-25(2)21-30(19-20-52)40(56)32-18-17-29(22-26(3)62-35(55)23-33(53)44(42)61-9)37-38(32)47(59)51(46(37)58)31-15-12-11-13-16-31/h11-13,15-18,20,25-30,32-33,36-45,48,53,56-57,60H,10,14,19,21-24H2,1-9H3/t25-,26+,27+,28-,29?,30+,32?,33+,36-,37?,38?,39+,40+,41+,42-,43+,44+,45-,48-,49+/m0/s1. The minimum atomic E-state index is -1.51. The number of hydrogen-bond acceptors (Lipinski definition) is 17. The third-order valence-corrected chi connectivity index (χ3v) is 14.3. The first kappa shape index (κ1) is 52.7. The lowest BCUT2D eigenvalue weighted by Crippen LogP contribution is -2.66. The number of benzene rings is 1. The van der Waals surface area contributed by atoms with Crippen molar-refractivity contribution in [1.82, 2.24) is 4.90 Å². The average molecular weight is 945 g/mol. The summed E-state index contributed by atoms with van der Waals surface area (Å²) in [5.74, 6) is -6.87. The monoisotopic (exact) mass is 944 g/mol. The van der Waals surface area contributed by atoms with Gasteiger partial charge in [0.2, 0.25) is 11.8 Å². The Balaban J connectivity index is 1.28. The number of hydrogen-bond donors (Lipinski definition) is 4. The van der Waals surface area contributed by atoms with Gasteiger partial charge in [-0.15, -0.1) is 0 Å². The maximum atomic E-state index is 14.4. The number of esters is 2. The van der Waals surface area contributed by atoms with Crippen molar-refractivity contribution < 1.29 is 77.6 Å². The van der Waals surface area contributed by atoms with Crippen molar-refractivity contribution in [3.8, 4) is 0 Å². The largest absolute Gasteiger partial charge is 0.463 e. The number of aliphatic hydroxyl groups is 4. The highest BCUT2D eigenvalue weighted by molar-refractivity contribution is 6.22. The first-order chi connectivity index (χ1) is 31.7. The number of imide groups is 1. The second-order valence-electron chi connectivity index (χ2n) is 19.7. The molecule has 0 spiro atoms. The van der Waals surface area contributed by atoms with E-state index < -0.39 is 151 Å². The van der Waals surface area contributed by atoms with Crippen LogP contribution in [-0.4, -0.2) is 162 Å². The summed E-state index contributed by atoms with van der Waals surface area (Å²) in [6.45, 7) is 10.2. The summed E-state index contributed by atoms with van der Waals surface area (Å²) in [6, 6.07) is 7.75. The molecule has 18 nitrogen and oxygen atoms in total. The van der Waals surface area contributed by atoms with Gasteiger partial charge in [0, 0.05) is 32.3 Å². The van der Waals surface area contributed by atoms with Crippen molar-refractivity contribution in [1.29, 1.82) is 0 Å². The van der Waals surface area contributed by atoms with E-state index in [2.05, 4.69) is 0 Å². The third kappa shape index (κ3) is 11.5. The van der Waals surface area contributed by atoms with Gasteiger partial charge in [-0.1, -0.05) is 44.2 Å². The molecule has 6 aliphatic rings. The molecular weight excluding hydrogens is 873 g/mol. The fourth-order valence-electron chi connectivity index (χ4n) is 11.2. The number of allylic oxidation sites excluding steroid dienone is 1. The Labute approximate surface area is 393 Å². The molecule has 0 radical (unpaired) electrons. The summed E-state index contributed by atoms with van der Waals surface area (Å²) in [4.78, 5) is 69.9. The van der Waals surface area contributed by atoms with Crippen molar-refractivity contribution in [2.24, 2.45) is 35.5 Å². The number of nitrogens with zero attached hydrogens (tertiary/aromatic N) is 2. The van der Waals surface area contributed by atoms with E-state index in [0.717, 1.165) is 4.90 Å². The number of likely N-dealkylation sites (N-methyl/N-ethyl adjacent to an activating group) is 1. The molecule has 5 aliphatic heterocycles. The van der Waals surface area contributed by atoms with E-state index in [-0.39, 0.29) is 32.1 Å². The van der Waals surface area contributed by atoms with E-state index in [4.69, 9.17) is 33.2 Å². The van der Waals surface area contributed by atoms with Gasteiger partial charge in [-0.05, 0) is 90.9 Å². The second kappa shape index (κ2) is 22.4. The molecule has 374 valence electrons. The number of aliphatic hydroxyl groups excluding tert-OH is 3. The predicted octanol–water partition coefficient (Wildman–Crippen LogP) is 2.69. The van der Waals surface area contributed by atoms with E-state index in [0.29, 0.717) is 18.4 Å². The smallest absolute Gasteiger partial charge is 0.308 e. The highest BCUT2D eigenvalue weighted by atomic mass is 16.7. The van der Waals surface area contributed by atoms with Crippen LogP contribution in [0.4, 0.5) is 5.69 Å². The first-order valence-corrected chi connectivity index (χ1v) is 23.7. The molecule has 18 heteroatoms. The molecule has 5 heterocycles. The number of ether oxygens (including phenoxy) is 7. The van der Waals surface area contributed by atoms with E-state index in [1.807, 2.05) is 6.92 Å². The van der Waals surface area contributed by atoms with Crippen LogP contribution in [0.15, 0.2) is 42.5 Å². The number of carbonyl (C=O) groups is 5. The Hall–Kier alpha value is -3.69. The topological polar surface area (TPSA) is 237 Å². The highest BCUT2D eigenvalue weighted by Gasteiger charge is 2.58. The van der Waals surface area contributed by atoms with E-state index in [1.54, 1.807) is 96.1 Å². The molecule has 2 bridgehead atoms. The van der Waals surface area contributed by atoms with Crippen LogP contribution in [0.5, 0.6) is 0 Å². The highest BCUT2D eigenvalue weighted by Crippen LogP contribution is 2.48. The van der Waals surface area contributed by atoms with Gasteiger partial charge in [-0.3, -0.25) is 24.1 Å². The maximum absolute atomic E-state index is 14.4. The summed E-state index contributed by atoms with van der Waals surface area (Å²) in [6.07, 6.45) is -8.52. The SMILES string of the molecule is CCCC(=O)O[C@H]1[C@H](C)O[C@@H](O[C@H]2[C@H](N(C)C)[C@@H](O)[C@H](O[C@@H]3[C@H](OC)[C@H](O)CC(=O)O[C@H](C)CC4C=CC(C5C(=O)N(c6ccccc6)C(=O)C45)[C@H](O)[C@H](CC=O)C[C@@H]3C)O[C@@H]2C)C[C@@]1(C)O. The predicted molar refractivity (Wildman–Crippen MR) is 240 cm³/mol. The summed E-state index contributed by atoms with van der Waals surface area (Å²) < 4.78 is 43.0. The number of carbonyl (C=O) groups excluding carboxylic acids is 5. The molecule has 20 atom stereocenters. The lowest BCUT2D eigenvalue weighted by Gasteiger charge is -2.50. The van der Waals surface area contributed by atoms with Crippen LogP contribution in [0.1, 0.15) is 86.5 Å². The normalized spacial score (nSPS) is 42.1. The molecule has 1 aromatic carbocycles. The molecule has 2 amide bonds. The number of para-hydroxylation sites is 1. The van der Waals surface area contributed by atoms with Crippen molar-refractivity contribution in [3.63, 3.8) is 0 Å². The number of methoxy groups -OCH3 is 1. The molecule has 0 saturated carbocycles. The van der Waals surface area contributed by atoms with Gasteiger partial charge in [0.15, 0.2) is 18.7 Å². The summed E-state index contributed by atoms with van der Waals surface area (Å²) in [7, 11) is 4.83. The first-order valence-electron chi connectivity index (χ1n) is 23.7. The van der Waals surface area contributed by atoms with Crippen molar-refractivity contribution in [2.45, 2.75) is 172 Å². The Bertz CT molecular complexity index is 1900. The molecule has 4 fully saturated rings. The zero-order chi connectivity index (χ0) is 49.1. The number of anilines is 1. The Morgan fingerprint density at radius 2 is 1.60 bits per heavy atom. The summed E-state index contributed by atoms with van der Waals surface area (Å²) in [5, 5.41) is 47.7. The van der Waals surface area contributed by atoms with Gasteiger partial charge in [0.25, 0.3) is 0 Å². The van der Waals surface area contributed by atoms with Crippen LogP contribution in [0.25, 0.3) is 0 Å². The minimum absolute atomic E-state index is 0.0583. The van der Waals surface area contributed by atoms with Gasteiger partial charge in [0.1, 0.15) is 30.2 Å². The quantitative estimate of drug-likeness (QED) is 0.102. The van der Waals surface area contributed by atoms with Gasteiger partial charge in [-0.2, -0.15) is 0 Å². The molecule has 1 aromatic rings. The van der Waals surface area contributed by atoms with Gasteiger partial charge < -0.3 is 63.3 Å². The van der Waals surface area contributed by atoms with Crippen LogP contribution in [-0.2, 0) is 57.1 Å². The Morgan fingerprint density at radius 1 is 0.910 bits per heavy atom. The summed E-state index contributed by atoms with van der Waals surface area (Å²) in [5.41, 5.74) is -1.12. The number of amides is 2. The molecule has 4 N–H and O–H groups in total. The van der Waals surface area contributed by atoms with Gasteiger partial charge in [0.05, 0.1) is 66.6 Å². The number of aldehydes is 1. The Morgan fingerprint density at radius 3 is 2.22 bits per heavy atom. The van der Waals surface area contributed by atoms with Crippen LogP contribution in [0, 0.1) is 35.5 Å². The average Bonchev–Trinajstić information content (AvgIpc) is 3.52. The fourth-order valence-corrected chi connectivity index (χ4v) is 11.2. The number of fused-ring (bicyclic) bond motifs is 11. The lowest BCUT2D eigenvalue weighted by molar-refractivity contribution is -0.344. The number of rotatable bonds is 12. The van der Waals surface area contributed by atoms with Crippen LogP contribution < -0.4 is 4.90 Å².